The van der Waals surface area contributed by atoms with E-state index in [1.807, 2.05) is 18.2 Å². The van der Waals surface area contributed by atoms with Crippen molar-refractivity contribution in [3.05, 3.63) is 69.2 Å². The lowest BCUT2D eigenvalue weighted by Crippen LogP contribution is -2.23. The van der Waals surface area contributed by atoms with E-state index in [0.29, 0.717) is 0 Å². The molecule has 1 nitrogen and oxygen atoms in total. The molecular weight excluding hydrogens is 322 g/mol. The Kier molecular flexibility index (Phi) is 5.44. The number of hydrogen-bond donors (Lipinski definition) is 1. The van der Waals surface area contributed by atoms with Crippen LogP contribution in [0.3, 0.4) is 0 Å². The average molecular weight is 339 g/mol. The van der Waals surface area contributed by atoms with Crippen LogP contribution in [0.15, 0.2) is 53.0 Å². The molecule has 2 aromatic rings. The molecule has 0 aliphatic carbocycles. The first kappa shape index (κ1) is 14.6. The molecule has 0 radical (unpaired) electrons. The Morgan fingerprint density at radius 2 is 1.79 bits per heavy atom. The van der Waals surface area contributed by atoms with Crippen molar-refractivity contribution in [3.8, 4) is 0 Å². The number of benzene rings is 2. The lowest BCUT2D eigenvalue weighted by atomic mass is 9.99. The van der Waals surface area contributed by atoms with Gasteiger partial charge in [0.1, 0.15) is 0 Å². The molecule has 100 valence electrons. The van der Waals surface area contributed by atoms with Gasteiger partial charge in [-0.25, -0.2) is 0 Å². The second kappa shape index (κ2) is 7.09. The van der Waals surface area contributed by atoms with Crippen molar-refractivity contribution >= 4 is 27.5 Å². The number of nitrogens with one attached hydrogen (secondary N) is 1. The fraction of sp³-hybridized carbons (Fsp3) is 0.250. The normalized spacial score (nSPS) is 12.4. The monoisotopic (exact) mass is 337 g/mol. The third kappa shape index (κ3) is 4.07. The summed E-state index contributed by atoms with van der Waals surface area (Å²) < 4.78 is 1.10. The zero-order chi connectivity index (χ0) is 13.7. The van der Waals surface area contributed by atoms with Crippen molar-refractivity contribution in [1.29, 1.82) is 0 Å². The molecule has 0 spiro atoms. The zero-order valence-electron chi connectivity index (χ0n) is 10.9. The molecule has 2 aromatic carbocycles. The quantitative estimate of drug-likeness (QED) is 0.809. The van der Waals surface area contributed by atoms with Crippen molar-refractivity contribution in [3.63, 3.8) is 0 Å². The summed E-state index contributed by atoms with van der Waals surface area (Å²) in [5.74, 6) is 0. The molecule has 0 heterocycles. The number of rotatable bonds is 5. The first-order valence-corrected chi connectivity index (χ1v) is 7.60. The molecule has 0 saturated carbocycles. The fourth-order valence-corrected chi connectivity index (χ4v) is 2.61. The first-order chi connectivity index (χ1) is 9.20. The molecule has 1 N–H and O–H groups in total. The van der Waals surface area contributed by atoms with Crippen molar-refractivity contribution in [2.45, 2.75) is 19.4 Å². The molecule has 0 aromatic heterocycles. The van der Waals surface area contributed by atoms with E-state index in [1.54, 1.807) is 0 Å². The Hall–Kier alpha value is -0.830. The summed E-state index contributed by atoms with van der Waals surface area (Å²) in [6, 6.07) is 16.8. The van der Waals surface area contributed by atoms with Crippen molar-refractivity contribution in [1.82, 2.24) is 5.32 Å². The van der Waals surface area contributed by atoms with Crippen LogP contribution in [0.5, 0.6) is 0 Å². The van der Waals surface area contributed by atoms with Crippen LogP contribution in [0, 0.1) is 0 Å². The van der Waals surface area contributed by atoms with E-state index in [0.717, 1.165) is 22.5 Å². The molecule has 0 aliphatic rings. The van der Waals surface area contributed by atoms with Gasteiger partial charge in [-0.15, -0.1) is 0 Å². The highest BCUT2D eigenvalue weighted by Crippen LogP contribution is 2.24. The highest BCUT2D eigenvalue weighted by Gasteiger charge is 2.12. The van der Waals surface area contributed by atoms with E-state index < -0.39 is 0 Å². The number of halogens is 2. The van der Waals surface area contributed by atoms with Crippen molar-refractivity contribution in [2.75, 3.05) is 6.54 Å². The molecule has 2 rings (SSSR count). The first-order valence-electron chi connectivity index (χ1n) is 6.43. The molecular formula is C16H17BrClN. The average Bonchev–Trinajstić information content (AvgIpc) is 2.42. The molecule has 1 unspecified atom stereocenters. The van der Waals surface area contributed by atoms with E-state index in [-0.39, 0.29) is 6.04 Å². The summed E-state index contributed by atoms with van der Waals surface area (Å²) in [6.45, 7) is 3.06. The van der Waals surface area contributed by atoms with Crippen LogP contribution >= 0.6 is 27.5 Å². The Morgan fingerprint density at radius 1 is 1.11 bits per heavy atom. The third-order valence-electron chi connectivity index (χ3n) is 3.10. The van der Waals surface area contributed by atoms with Gasteiger partial charge < -0.3 is 5.32 Å². The Labute approximate surface area is 128 Å². The summed E-state index contributed by atoms with van der Waals surface area (Å²) in [5.41, 5.74) is 2.46. The summed E-state index contributed by atoms with van der Waals surface area (Å²) >= 11 is 9.72. The maximum absolute atomic E-state index is 6.25. The summed E-state index contributed by atoms with van der Waals surface area (Å²) in [5, 5.41) is 4.36. The minimum absolute atomic E-state index is 0.290. The predicted molar refractivity (Wildman–Crippen MR) is 85.7 cm³/mol. The van der Waals surface area contributed by atoms with Gasteiger partial charge in [-0.3, -0.25) is 0 Å². The third-order valence-corrected chi connectivity index (χ3v) is 4.00. The topological polar surface area (TPSA) is 12.0 Å². The van der Waals surface area contributed by atoms with E-state index in [2.05, 4.69) is 58.5 Å². The standard InChI is InChI=1S/C16H17BrClN/c1-2-19-16(12-7-9-14(17)10-8-12)11-13-5-3-4-6-15(13)18/h3-10,16,19H,2,11H2,1H3. The second-order valence-electron chi connectivity index (χ2n) is 4.46. The van der Waals surface area contributed by atoms with Gasteiger partial charge in [-0.1, -0.05) is 64.8 Å². The molecule has 3 heteroatoms. The van der Waals surface area contributed by atoms with E-state index in [9.17, 15) is 0 Å². The highest BCUT2D eigenvalue weighted by atomic mass is 79.9. The lowest BCUT2D eigenvalue weighted by Gasteiger charge is -2.19. The zero-order valence-corrected chi connectivity index (χ0v) is 13.2. The molecule has 0 saturated heterocycles. The molecule has 19 heavy (non-hydrogen) atoms. The van der Waals surface area contributed by atoms with Gasteiger partial charge in [-0.2, -0.15) is 0 Å². The van der Waals surface area contributed by atoms with E-state index in [1.165, 1.54) is 11.1 Å². The molecule has 0 aliphatic heterocycles. The summed E-state index contributed by atoms with van der Waals surface area (Å²) in [7, 11) is 0. The minimum atomic E-state index is 0.290. The van der Waals surface area contributed by atoms with Crippen LogP contribution in [0.1, 0.15) is 24.1 Å². The molecule has 0 bridgehead atoms. The molecule has 0 amide bonds. The van der Waals surface area contributed by atoms with Gasteiger partial charge in [0.05, 0.1) is 0 Å². The van der Waals surface area contributed by atoms with Gasteiger partial charge >= 0.3 is 0 Å². The highest BCUT2D eigenvalue weighted by molar-refractivity contribution is 9.10. The number of hydrogen-bond acceptors (Lipinski definition) is 1. The molecule has 1 atom stereocenters. The smallest absolute Gasteiger partial charge is 0.0438 e. The Bertz CT molecular complexity index is 525. The van der Waals surface area contributed by atoms with Crippen LogP contribution in [0.2, 0.25) is 5.02 Å². The fourth-order valence-electron chi connectivity index (χ4n) is 2.13. The maximum Gasteiger partial charge on any atom is 0.0438 e. The minimum Gasteiger partial charge on any atom is -0.310 e. The van der Waals surface area contributed by atoms with Gasteiger partial charge in [0.25, 0.3) is 0 Å². The summed E-state index contributed by atoms with van der Waals surface area (Å²) in [4.78, 5) is 0. The van der Waals surface area contributed by atoms with Crippen LogP contribution < -0.4 is 5.32 Å². The Balaban J connectivity index is 2.21. The number of likely N-dealkylation sites (N-methyl/N-ethyl adjacent to an activating group) is 1. The van der Waals surface area contributed by atoms with Crippen LogP contribution in [-0.4, -0.2) is 6.54 Å². The van der Waals surface area contributed by atoms with Crippen LogP contribution in [0.25, 0.3) is 0 Å². The maximum atomic E-state index is 6.25. The lowest BCUT2D eigenvalue weighted by molar-refractivity contribution is 0.550. The van der Waals surface area contributed by atoms with Crippen LogP contribution in [0.4, 0.5) is 0 Å². The van der Waals surface area contributed by atoms with Gasteiger partial charge in [0.15, 0.2) is 0 Å². The predicted octanol–water partition coefficient (Wildman–Crippen LogP) is 5.00. The van der Waals surface area contributed by atoms with Gasteiger partial charge in [0, 0.05) is 15.5 Å². The van der Waals surface area contributed by atoms with Crippen molar-refractivity contribution < 1.29 is 0 Å². The molecule has 0 fully saturated rings. The second-order valence-corrected chi connectivity index (χ2v) is 5.78. The largest absolute Gasteiger partial charge is 0.310 e. The Morgan fingerprint density at radius 3 is 2.42 bits per heavy atom. The van der Waals surface area contributed by atoms with Gasteiger partial charge in [0.2, 0.25) is 0 Å². The van der Waals surface area contributed by atoms with E-state index >= 15 is 0 Å². The SMILES string of the molecule is CCNC(Cc1ccccc1Cl)c1ccc(Br)cc1. The van der Waals surface area contributed by atoms with E-state index in [4.69, 9.17) is 11.6 Å². The van der Waals surface area contributed by atoms with Gasteiger partial charge in [-0.05, 0) is 42.3 Å². The van der Waals surface area contributed by atoms with Crippen LogP contribution in [-0.2, 0) is 6.42 Å². The summed E-state index contributed by atoms with van der Waals surface area (Å²) in [6.07, 6.45) is 0.898. The van der Waals surface area contributed by atoms with Crippen molar-refractivity contribution in [2.24, 2.45) is 0 Å².